The van der Waals surface area contributed by atoms with Crippen LogP contribution in [0, 0.1) is 0 Å². The van der Waals surface area contributed by atoms with Crippen molar-refractivity contribution in [2.75, 3.05) is 23.7 Å². The van der Waals surface area contributed by atoms with Crippen molar-refractivity contribution in [2.45, 2.75) is 38.4 Å². The summed E-state index contributed by atoms with van der Waals surface area (Å²) in [5.74, 6) is 1.20. The van der Waals surface area contributed by atoms with Gasteiger partial charge < -0.3 is 9.42 Å². The average Bonchev–Trinajstić information content (AvgIpc) is 2.70. The number of sulfone groups is 1. The van der Waals surface area contributed by atoms with E-state index in [1.165, 1.54) is 0 Å². The van der Waals surface area contributed by atoms with Gasteiger partial charge in [0.1, 0.15) is 0 Å². The summed E-state index contributed by atoms with van der Waals surface area (Å²) in [5.41, 5.74) is -0.196. The number of anilines is 1. The van der Waals surface area contributed by atoms with Crippen molar-refractivity contribution in [3.05, 3.63) is 5.89 Å². The Bertz CT molecular complexity index is 530. The minimum atomic E-state index is -2.95. The van der Waals surface area contributed by atoms with Crippen molar-refractivity contribution in [1.29, 1.82) is 0 Å². The van der Waals surface area contributed by atoms with Crippen LogP contribution in [-0.2, 0) is 15.3 Å². The number of nitrogens with zero attached hydrogens (tertiary/aromatic N) is 3. The lowest BCUT2D eigenvalue weighted by Crippen LogP contribution is -2.46. The minimum Gasteiger partial charge on any atom is -0.337 e. The zero-order valence-electron chi connectivity index (χ0n) is 11.2. The topological polar surface area (TPSA) is 76.3 Å². The summed E-state index contributed by atoms with van der Waals surface area (Å²) in [5, 5.41) is 3.55. The molecule has 1 aromatic rings. The summed E-state index contributed by atoms with van der Waals surface area (Å²) in [4.78, 5) is 6.21. The molecule has 1 unspecified atom stereocenters. The molecule has 18 heavy (non-hydrogen) atoms. The second kappa shape index (κ2) is 4.22. The summed E-state index contributed by atoms with van der Waals surface area (Å²) in [6.07, 6.45) is 0. The van der Waals surface area contributed by atoms with Gasteiger partial charge in [-0.15, -0.1) is 0 Å². The maximum absolute atomic E-state index is 11.6. The fourth-order valence-corrected chi connectivity index (χ4v) is 3.07. The molecule has 0 N–H and O–H groups in total. The fourth-order valence-electron chi connectivity index (χ4n) is 1.78. The smallest absolute Gasteiger partial charge is 0.266 e. The first-order valence-electron chi connectivity index (χ1n) is 6.01. The van der Waals surface area contributed by atoms with E-state index < -0.39 is 9.84 Å². The normalized spacial score (nSPS) is 24.2. The Kier molecular flexibility index (Phi) is 3.12. The third-order valence-corrected chi connectivity index (χ3v) is 5.20. The van der Waals surface area contributed by atoms with Crippen LogP contribution in [0.15, 0.2) is 4.52 Å². The molecule has 7 heteroatoms. The largest absolute Gasteiger partial charge is 0.337 e. The lowest BCUT2D eigenvalue weighted by Gasteiger charge is -2.29. The molecule has 1 aliphatic rings. The van der Waals surface area contributed by atoms with E-state index in [4.69, 9.17) is 4.52 Å². The van der Waals surface area contributed by atoms with Crippen molar-refractivity contribution >= 4 is 15.8 Å². The second-order valence-corrected chi connectivity index (χ2v) is 8.31. The molecular formula is C11H19N3O3S. The highest BCUT2D eigenvalue weighted by molar-refractivity contribution is 7.92. The van der Waals surface area contributed by atoms with Gasteiger partial charge in [0.15, 0.2) is 9.84 Å². The molecule has 2 heterocycles. The molecule has 2 rings (SSSR count). The van der Waals surface area contributed by atoms with Crippen LogP contribution in [0.25, 0.3) is 0 Å². The van der Waals surface area contributed by atoms with E-state index in [0.29, 0.717) is 24.9 Å². The van der Waals surface area contributed by atoms with Crippen molar-refractivity contribution in [3.63, 3.8) is 0 Å². The van der Waals surface area contributed by atoms with Crippen LogP contribution in [0.2, 0.25) is 0 Å². The van der Waals surface area contributed by atoms with Gasteiger partial charge >= 0.3 is 0 Å². The molecule has 0 aromatic carbocycles. The predicted molar refractivity (Wildman–Crippen MR) is 68.5 cm³/mol. The van der Waals surface area contributed by atoms with Crippen molar-refractivity contribution in [2.24, 2.45) is 0 Å². The molecule has 0 bridgehead atoms. The first-order valence-corrected chi connectivity index (χ1v) is 7.72. The summed E-state index contributed by atoms with van der Waals surface area (Å²) in [7, 11) is -2.95. The van der Waals surface area contributed by atoms with Gasteiger partial charge in [-0.2, -0.15) is 4.98 Å². The average molecular weight is 273 g/mol. The first-order chi connectivity index (χ1) is 8.20. The first kappa shape index (κ1) is 13.3. The summed E-state index contributed by atoms with van der Waals surface area (Å²) in [6.45, 7) is 8.54. The molecule has 1 saturated heterocycles. The number of hydrogen-bond acceptors (Lipinski definition) is 6. The van der Waals surface area contributed by atoms with Crippen molar-refractivity contribution in [3.8, 4) is 0 Å². The Hall–Kier alpha value is -1.11. The minimum absolute atomic E-state index is 0.146. The monoisotopic (exact) mass is 273 g/mol. The lowest BCUT2D eigenvalue weighted by atomic mass is 9.97. The highest BCUT2D eigenvalue weighted by atomic mass is 32.2. The summed E-state index contributed by atoms with van der Waals surface area (Å²) >= 11 is 0. The van der Waals surface area contributed by atoms with E-state index in [-0.39, 0.29) is 16.4 Å². The van der Waals surface area contributed by atoms with Gasteiger partial charge in [0.2, 0.25) is 5.89 Å². The Morgan fingerprint density at radius 3 is 2.56 bits per heavy atom. The van der Waals surface area contributed by atoms with Crippen molar-refractivity contribution in [1.82, 2.24) is 10.1 Å². The molecule has 0 spiro atoms. The summed E-state index contributed by atoms with van der Waals surface area (Å²) < 4.78 is 28.5. The quantitative estimate of drug-likeness (QED) is 0.759. The highest BCUT2D eigenvalue weighted by Gasteiger charge is 2.32. The number of hydrogen-bond donors (Lipinski definition) is 0. The van der Waals surface area contributed by atoms with E-state index in [9.17, 15) is 8.42 Å². The van der Waals surface area contributed by atoms with Crippen LogP contribution in [0.4, 0.5) is 5.95 Å². The van der Waals surface area contributed by atoms with Gasteiger partial charge in [0.05, 0.1) is 11.0 Å². The Balaban J connectivity index is 2.17. The zero-order chi connectivity index (χ0) is 13.6. The van der Waals surface area contributed by atoms with Crippen LogP contribution >= 0.6 is 0 Å². The standard InChI is InChI=1S/C11H19N3O3S/c1-8-7-14(5-6-18(8,15)16)10-12-9(17-13-10)11(2,3)4/h8H,5-7H2,1-4H3. The maximum Gasteiger partial charge on any atom is 0.266 e. The predicted octanol–water partition coefficient (Wildman–Crippen LogP) is 0.990. The SMILES string of the molecule is CC1CN(c2noc(C(C)(C)C)n2)CCS1(=O)=O. The molecular weight excluding hydrogens is 254 g/mol. The molecule has 0 radical (unpaired) electrons. The third-order valence-electron chi connectivity index (χ3n) is 3.08. The molecule has 0 saturated carbocycles. The second-order valence-electron chi connectivity index (χ2n) is 5.77. The van der Waals surface area contributed by atoms with E-state index >= 15 is 0 Å². The van der Waals surface area contributed by atoms with Crippen LogP contribution in [-0.4, -0.2) is 42.7 Å². The van der Waals surface area contributed by atoms with E-state index in [2.05, 4.69) is 10.1 Å². The van der Waals surface area contributed by atoms with Gasteiger partial charge in [0.25, 0.3) is 5.95 Å². The van der Waals surface area contributed by atoms with Gasteiger partial charge in [-0.05, 0) is 12.1 Å². The van der Waals surface area contributed by atoms with Crippen molar-refractivity contribution < 1.29 is 12.9 Å². The molecule has 0 amide bonds. The molecule has 0 aliphatic carbocycles. The zero-order valence-corrected chi connectivity index (χ0v) is 12.0. The van der Waals surface area contributed by atoms with E-state index in [1.807, 2.05) is 25.7 Å². The molecule has 1 fully saturated rings. The Labute approximate surface area is 107 Å². The van der Waals surface area contributed by atoms with E-state index in [1.54, 1.807) is 6.92 Å². The molecule has 102 valence electrons. The lowest BCUT2D eigenvalue weighted by molar-refractivity contribution is 0.320. The van der Waals surface area contributed by atoms with Gasteiger partial charge in [0, 0.05) is 18.5 Å². The summed E-state index contributed by atoms with van der Waals surface area (Å²) in [6, 6.07) is 0. The fraction of sp³-hybridized carbons (Fsp3) is 0.818. The molecule has 1 aliphatic heterocycles. The van der Waals surface area contributed by atoms with E-state index in [0.717, 1.165) is 0 Å². The number of aromatic nitrogens is 2. The van der Waals surface area contributed by atoms with Gasteiger partial charge in [-0.25, -0.2) is 8.42 Å². The Morgan fingerprint density at radius 1 is 1.39 bits per heavy atom. The van der Waals surface area contributed by atoms with Crippen LogP contribution in [0.3, 0.4) is 0 Å². The van der Waals surface area contributed by atoms with Crippen LogP contribution in [0.5, 0.6) is 0 Å². The molecule has 1 atom stereocenters. The third kappa shape index (κ3) is 2.50. The molecule has 6 nitrogen and oxygen atoms in total. The number of rotatable bonds is 1. The Morgan fingerprint density at radius 2 is 2.06 bits per heavy atom. The van der Waals surface area contributed by atoms with Crippen LogP contribution < -0.4 is 4.90 Å². The van der Waals surface area contributed by atoms with Gasteiger partial charge in [-0.1, -0.05) is 20.8 Å². The van der Waals surface area contributed by atoms with Gasteiger partial charge in [-0.3, -0.25) is 0 Å². The highest BCUT2D eigenvalue weighted by Crippen LogP contribution is 2.24. The van der Waals surface area contributed by atoms with Crippen LogP contribution in [0.1, 0.15) is 33.6 Å². The molecule has 1 aromatic heterocycles. The maximum atomic E-state index is 11.6.